The van der Waals surface area contributed by atoms with E-state index in [-0.39, 0.29) is 89.4 Å². The van der Waals surface area contributed by atoms with Crippen LogP contribution >= 0.6 is 0 Å². The minimum atomic E-state index is -2.89. The van der Waals surface area contributed by atoms with Gasteiger partial charge in [-0.25, -0.2) is 22.5 Å². The van der Waals surface area contributed by atoms with Gasteiger partial charge in [0.05, 0.1) is 39.3 Å². The van der Waals surface area contributed by atoms with E-state index in [0.717, 1.165) is 11.0 Å². The first-order chi connectivity index (χ1) is 25.5. The molecule has 0 unspecified atom stereocenters. The Labute approximate surface area is 288 Å². The number of fused-ring (bicyclic) bond motifs is 3. The molecule has 4 atom stereocenters. The lowest BCUT2D eigenvalue weighted by Crippen LogP contribution is -2.44. The van der Waals surface area contributed by atoms with Crippen molar-refractivity contribution in [3.05, 3.63) is 59.1 Å². The molecule has 2 aliphatic heterocycles. The number of nitrogens with two attached hydrogens (primary N) is 1. The molecule has 7 rings (SSSR count). The van der Waals surface area contributed by atoms with E-state index >= 15 is 13.2 Å². The lowest BCUT2D eigenvalue weighted by atomic mass is 9.78. The molecule has 2 aromatic carbocycles. The van der Waals surface area contributed by atoms with E-state index in [0.29, 0.717) is 5.39 Å². The molecule has 12 heteroatoms. The number of piperidine rings is 1. The number of terminal acetylenes is 1. The van der Waals surface area contributed by atoms with Gasteiger partial charge in [0.2, 0.25) is 0 Å². The zero-order valence-electron chi connectivity index (χ0n) is 31.6. The summed E-state index contributed by atoms with van der Waals surface area (Å²) in [6.07, 6.45) is 4.49. The third-order valence-electron chi connectivity index (χ3n) is 9.30. The Morgan fingerprint density at radius 2 is 2.08 bits per heavy atom. The molecule has 0 radical (unpaired) electrons. The fourth-order valence-electron chi connectivity index (χ4n) is 6.78. The number of benzene rings is 2. The molecule has 1 saturated carbocycles. The molecule has 2 aromatic heterocycles. The third kappa shape index (κ3) is 5.59. The van der Waals surface area contributed by atoms with Gasteiger partial charge in [0, 0.05) is 51.7 Å². The number of hydrogen-bond acceptors (Lipinski definition) is 8. The van der Waals surface area contributed by atoms with Crippen molar-refractivity contribution >= 4 is 33.2 Å². The summed E-state index contributed by atoms with van der Waals surface area (Å²) >= 11 is 0. The monoisotopic (exact) mass is 675 g/mol. The number of likely N-dealkylation sites (tertiary alicyclic amines) is 1. The lowest BCUT2D eigenvalue weighted by molar-refractivity contribution is 0.109. The van der Waals surface area contributed by atoms with Crippen molar-refractivity contribution in [2.24, 2.45) is 11.3 Å². The van der Waals surface area contributed by atoms with Crippen LogP contribution in [0.15, 0.2) is 36.2 Å². The first-order valence-corrected chi connectivity index (χ1v) is 15.6. The summed E-state index contributed by atoms with van der Waals surface area (Å²) in [7, 11) is 0. The molecule has 0 bridgehead atoms. The van der Waals surface area contributed by atoms with E-state index in [1.165, 1.54) is 26.0 Å². The molecule has 0 spiro atoms. The fourth-order valence-corrected chi connectivity index (χ4v) is 6.78. The Bertz CT molecular complexity index is 2340. The van der Waals surface area contributed by atoms with E-state index in [4.69, 9.17) is 28.5 Å². The van der Waals surface area contributed by atoms with Gasteiger partial charge in [-0.2, -0.15) is 9.97 Å². The van der Waals surface area contributed by atoms with Crippen LogP contribution in [0.3, 0.4) is 0 Å². The summed E-state index contributed by atoms with van der Waals surface area (Å²) in [6, 6.07) is 4.05. The third-order valence-corrected chi connectivity index (χ3v) is 9.30. The zero-order chi connectivity index (χ0) is 38.9. The highest BCUT2D eigenvalue weighted by Gasteiger charge is 2.56. The van der Waals surface area contributed by atoms with Crippen LogP contribution in [0.25, 0.3) is 32.9 Å². The van der Waals surface area contributed by atoms with Crippen LogP contribution in [0.4, 0.5) is 29.1 Å². The first kappa shape index (κ1) is 27.0. The topological polar surface area (TPSA) is 89.6 Å². The van der Waals surface area contributed by atoms with Crippen LogP contribution in [0.2, 0.25) is 0 Å². The van der Waals surface area contributed by atoms with Crippen molar-refractivity contribution in [1.82, 2.24) is 19.9 Å². The van der Waals surface area contributed by atoms with Crippen molar-refractivity contribution in [1.29, 1.82) is 0 Å². The van der Waals surface area contributed by atoms with Gasteiger partial charge < -0.3 is 25.0 Å². The number of halogens is 4. The van der Waals surface area contributed by atoms with Gasteiger partial charge in [0.15, 0.2) is 5.82 Å². The second-order valence-electron chi connectivity index (χ2n) is 12.5. The Morgan fingerprint density at radius 1 is 1.24 bits per heavy atom. The molecule has 3 aliphatic rings. The predicted octanol–water partition coefficient (Wildman–Crippen LogP) is 5.81. The summed E-state index contributed by atoms with van der Waals surface area (Å²) in [6.45, 7) is -2.86. The SMILES string of the molecule is [2H]C([2H])([2H])N1CC/C(=C\F)[C@](C)(C([2H])([2H])Oc2nc(N3CCOC[C@H]4[C@H](F)[C@H]43)c3c(C#CC)nc(-c4cc(N)cc5ccc(F)c(C#C)c45)c(F)c3n2)C1. The van der Waals surface area contributed by atoms with Crippen molar-refractivity contribution in [3.63, 3.8) is 0 Å². The predicted molar refractivity (Wildman–Crippen MR) is 180 cm³/mol. The maximum absolute atomic E-state index is 17.3. The standard InChI is InChI=1S/C37H34F4N6O2/c1-5-7-27-29-33(31(41)32(43-27)24-15-22(42)14-20-8-9-26(39)23(6-2)28(20)24)44-36(49-19-37(3)18-46(4)11-10-21(37)16-38)45-35(29)47-12-13-48-17-25-30(40)34(25)47/h2,8-9,14-16,25,30,34H,10-13,17-19,42H2,1,3-4H3/b21-16+/t25-,30-,34-,37-/m0/s1/i4D3,19D2. The number of alkyl halides is 1. The van der Waals surface area contributed by atoms with E-state index < -0.39 is 66.8 Å². The number of nitrogen functional groups attached to an aromatic ring is 1. The normalized spacial score (nSPS) is 26.7. The number of anilines is 2. The Hall–Kier alpha value is -4.91. The average molecular weight is 676 g/mol. The van der Waals surface area contributed by atoms with Crippen molar-refractivity contribution < 1.29 is 33.9 Å². The van der Waals surface area contributed by atoms with E-state index in [2.05, 4.69) is 32.7 Å². The van der Waals surface area contributed by atoms with Gasteiger partial charge in [-0.15, -0.1) is 6.42 Å². The minimum Gasteiger partial charge on any atom is -0.462 e. The summed E-state index contributed by atoms with van der Waals surface area (Å²) in [5, 5.41) is 0.484. The molecule has 2 N–H and O–H groups in total. The molecular formula is C37H34F4N6O2. The summed E-state index contributed by atoms with van der Waals surface area (Å²) in [5.74, 6) is 5.48. The molecule has 0 amide bonds. The molecule has 49 heavy (non-hydrogen) atoms. The minimum absolute atomic E-state index is 0.0143. The zero-order valence-corrected chi connectivity index (χ0v) is 26.6. The number of rotatable bonds is 5. The Balaban J connectivity index is 1.49. The summed E-state index contributed by atoms with van der Waals surface area (Å²) < 4.78 is 115. The van der Waals surface area contributed by atoms with Crippen molar-refractivity contribution in [2.75, 3.05) is 57.0 Å². The summed E-state index contributed by atoms with van der Waals surface area (Å²) in [4.78, 5) is 16.0. The highest BCUT2D eigenvalue weighted by Crippen LogP contribution is 2.46. The highest BCUT2D eigenvalue weighted by molar-refractivity contribution is 6.04. The number of aromatic nitrogens is 3. The molecule has 1 aliphatic carbocycles. The maximum atomic E-state index is 17.3. The smallest absolute Gasteiger partial charge is 0.319 e. The molecular weight excluding hydrogens is 636 g/mol. The Morgan fingerprint density at radius 3 is 2.84 bits per heavy atom. The van der Waals surface area contributed by atoms with E-state index in [9.17, 15) is 4.39 Å². The van der Waals surface area contributed by atoms with E-state index in [1.54, 1.807) is 11.0 Å². The van der Waals surface area contributed by atoms with Crippen LogP contribution < -0.4 is 15.4 Å². The quantitative estimate of drug-likeness (QED) is 0.161. The lowest BCUT2D eigenvalue weighted by Gasteiger charge is -2.40. The number of pyridine rings is 1. The number of nitrogens with zero attached hydrogens (tertiary/aromatic N) is 5. The molecule has 252 valence electrons. The van der Waals surface area contributed by atoms with Gasteiger partial charge in [-0.05, 0) is 55.4 Å². The second kappa shape index (κ2) is 12.5. The first-order valence-electron chi connectivity index (χ1n) is 18.1. The highest BCUT2D eigenvalue weighted by atomic mass is 19.1. The Kier molecular flexibility index (Phi) is 6.89. The second-order valence-corrected chi connectivity index (χ2v) is 12.5. The molecule has 4 aromatic rings. The maximum Gasteiger partial charge on any atom is 0.319 e. The van der Waals surface area contributed by atoms with Crippen LogP contribution in [0.5, 0.6) is 6.01 Å². The molecule has 8 nitrogen and oxygen atoms in total. The van der Waals surface area contributed by atoms with Crippen LogP contribution in [0, 0.1) is 47.2 Å². The molecule has 2 saturated heterocycles. The summed E-state index contributed by atoms with van der Waals surface area (Å²) in [5.41, 5.74) is 3.42. The van der Waals surface area contributed by atoms with Crippen LogP contribution in [-0.2, 0) is 4.74 Å². The average Bonchev–Trinajstić information content (AvgIpc) is 3.81. The van der Waals surface area contributed by atoms with Gasteiger partial charge in [-0.1, -0.05) is 24.8 Å². The van der Waals surface area contributed by atoms with E-state index in [1.807, 2.05) is 0 Å². The fraction of sp³-hybridized carbons (Fsp3) is 0.378. The van der Waals surface area contributed by atoms with Crippen LogP contribution in [-0.4, -0.2) is 78.4 Å². The number of hydrogen-bond donors (Lipinski definition) is 1. The van der Waals surface area contributed by atoms with Gasteiger partial charge in [0.25, 0.3) is 0 Å². The largest absolute Gasteiger partial charge is 0.462 e. The van der Waals surface area contributed by atoms with Gasteiger partial charge in [-0.3, -0.25) is 0 Å². The molecule has 3 fully saturated rings. The molecule has 4 heterocycles. The van der Waals surface area contributed by atoms with Crippen LogP contribution in [0.1, 0.15) is 38.4 Å². The van der Waals surface area contributed by atoms with Gasteiger partial charge in [0.1, 0.15) is 41.3 Å². The van der Waals surface area contributed by atoms with Crippen molar-refractivity contribution in [2.45, 2.75) is 32.5 Å². The number of ether oxygens (including phenoxy) is 2. The van der Waals surface area contributed by atoms with Gasteiger partial charge >= 0.3 is 6.01 Å². The van der Waals surface area contributed by atoms with Crippen molar-refractivity contribution in [3.8, 4) is 41.5 Å².